The summed E-state index contributed by atoms with van der Waals surface area (Å²) in [5, 5.41) is 6.96. The Balaban J connectivity index is 1.26. The Hall–Kier alpha value is -3.35. The van der Waals surface area contributed by atoms with Crippen LogP contribution in [-0.4, -0.2) is 36.2 Å². The first-order valence-corrected chi connectivity index (χ1v) is 10.3. The molecule has 2 heterocycles. The second kappa shape index (κ2) is 9.43. The molecule has 1 amide bonds. The van der Waals surface area contributed by atoms with Crippen LogP contribution < -0.4 is 15.0 Å². The zero-order valence-electron chi connectivity index (χ0n) is 17.1. The van der Waals surface area contributed by atoms with Crippen molar-refractivity contribution in [3.63, 3.8) is 0 Å². The number of rotatable bonds is 8. The Morgan fingerprint density at radius 3 is 2.53 bits per heavy atom. The fraction of sp³-hybridized carbons (Fsp3) is 0.348. The molecule has 7 nitrogen and oxygen atoms in total. The highest BCUT2D eigenvalue weighted by molar-refractivity contribution is 5.76. The zero-order chi connectivity index (χ0) is 20.8. The predicted molar refractivity (Wildman–Crippen MR) is 114 cm³/mol. The molecule has 1 aliphatic heterocycles. The monoisotopic (exact) mass is 406 g/mol. The minimum Gasteiger partial charge on any atom is -0.497 e. The van der Waals surface area contributed by atoms with Crippen LogP contribution >= 0.6 is 0 Å². The van der Waals surface area contributed by atoms with Crippen molar-refractivity contribution in [1.82, 2.24) is 15.5 Å². The van der Waals surface area contributed by atoms with Gasteiger partial charge in [-0.3, -0.25) is 4.79 Å². The first kappa shape index (κ1) is 19.9. The lowest BCUT2D eigenvalue weighted by Crippen LogP contribution is -2.23. The van der Waals surface area contributed by atoms with Crippen molar-refractivity contribution in [3.8, 4) is 17.1 Å². The molecule has 3 aromatic rings. The summed E-state index contributed by atoms with van der Waals surface area (Å²) in [4.78, 5) is 18.9. The third-order valence-corrected chi connectivity index (χ3v) is 5.28. The summed E-state index contributed by atoms with van der Waals surface area (Å²) in [6.45, 7) is 2.71. The van der Waals surface area contributed by atoms with Crippen LogP contribution in [0.4, 0.5) is 5.69 Å². The van der Waals surface area contributed by atoms with Gasteiger partial charge in [0.15, 0.2) is 0 Å². The molecule has 0 aliphatic carbocycles. The molecule has 1 aromatic heterocycles. The summed E-state index contributed by atoms with van der Waals surface area (Å²) < 4.78 is 10.5. The van der Waals surface area contributed by atoms with Crippen molar-refractivity contribution in [2.24, 2.45) is 0 Å². The molecule has 1 aliphatic rings. The van der Waals surface area contributed by atoms with Gasteiger partial charge in [0, 0.05) is 43.7 Å². The van der Waals surface area contributed by atoms with E-state index >= 15 is 0 Å². The van der Waals surface area contributed by atoms with Crippen molar-refractivity contribution in [2.75, 3.05) is 25.1 Å². The summed E-state index contributed by atoms with van der Waals surface area (Å²) in [6, 6.07) is 15.8. The fourth-order valence-corrected chi connectivity index (χ4v) is 3.52. The lowest BCUT2D eigenvalue weighted by molar-refractivity contribution is -0.121. The number of ether oxygens (including phenoxy) is 1. The number of hydrogen-bond donors (Lipinski definition) is 1. The van der Waals surface area contributed by atoms with Crippen LogP contribution in [0, 0.1) is 0 Å². The highest BCUT2D eigenvalue weighted by Crippen LogP contribution is 2.24. The van der Waals surface area contributed by atoms with Gasteiger partial charge >= 0.3 is 0 Å². The van der Waals surface area contributed by atoms with E-state index in [0.29, 0.717) is 31.1 Å². The lowest BCUT2D eigenvalue weighted by Gasteiger charge is -2.17. The van der Waals surface area contributed by atoms with E-state index in [2.05, 4.69) is 32.5 Å². The van der Waals surface area contributed by atoms with Gasteiger partial charge in [-0.25, -0.2) is 0 Å². The number of nitrogens with one attached hydrogen (secondary N) is 1. The van der Waals surface area contributed by atoms with Crippen LogP contribution in [0.5, 0.6) is 5.75 Å². The molecule has 1 saturated heterocycles. The third-order valence-electron chi connectivity index (χ3n) is 5.28. The molecular formula is C23H26N4O3. The maximum absolute atomic E-state index is 12.1. The van der Waals surface area contributed by atoms with E-state index in [1.807, 2.05) is 36.4 Å². The molecule has 1 fully saturated rings. The average molecular weight is 406 g/mol. The molecule has 7 heteroatoms. The SMILES string of the molecule is COc1ccc(CNC(=O)CCc2nc(-c3ccc(N4CCCC4)cc3)no2)cc1. The van der Waals surface area contributed by atoms with Gasteiger partial charge in [-0.05, 0) is 54.8 Å². The Bertz CT molecular complexity index is 961. The van der Waals surface area contributed by atoms with Gasteiger partial charge in [0.2, 0.25) is 17.6 Å². The molecule has 0 spiro atoms. The lowest BCUT2D eigenvalue weighted by atomic mass is 10.2. The molecule has 0 atom stereocenters. The highest BCUT2D eigenvalue weighted by Gasteiger charge is 2.14. The largest absolute Gasteiger partial charge is 0.497 e. The van der Waals surface area contributed by atoms with E-state index in [-0.39, 0.29) is 5.91 Å². The van der Waals surface area contributed by atoms with Crippen LogP contribution in [0.25, 0.3) is 11.4 Å². The standard InChI is InChI=1S/C23H26N4O3/c1-29-20-10-4-17(5-11-20)16-24-21(28)12-13-22-25-23(26-30-22)18-6-8-19(9-7-18)27-14-2-3-15-27/h4-11H,2-3,12-16H2,1H3,(H,24,28). The molecular weight excluding hydrogens is 380 g/mol. The Morgan fingerprint density at radius 2 is 1.83 bits per heavy atom. The van der Waals surface area contributed by atoms with Crippen molar-refractivity contribution >= 4 is 11.6 Å². The fourth-order valence-electron chi connectivity index (χ4n) is 3.52. The maximum atomic E-state index is 12.1. The number of nitrogens with zero attached hydrogens (tertiary/aromatic N) is 3. The van der Waals surface area contributed by atoms with E-state index < -0.39 is 0 Å². The minimum atomic E-state index is -0.0551. The summed E-state index contributed by atoms with van der Waals surface area (Å²) in [5.41, 5.74) is 3.16. The predicted octanol–water partition coefficient (Wildman–Crippen LogP) is 3.59. The number of anilines is 1. The van der Waals surface area contributed by atoms with Gasteiger partial charge in [-0.1, -0.05) is 17.3 Å². The smallest absolute Gasteiger partial charge is 0.227 e. The maximum Gasteiger partial charge on any atom is 0.227 e. The Morgan fingerprint density at radius 1 is 1.10 bits per heavy atom. The number of aryl methyl sites for hydroxylation is 1. The van der Waals surface area contributed by atoms with Crippen LogP contribution in [0.1, 0.15) is 30.7 Å². The molecule has 1 N–H and O–H groups in total. The quantitative estimate of drug-likeness (QED) is 0.616. The van der Waals surface area contributed by atoms with Crippen molar-refractivity contribution < 1.29 is 14.1 Å². The second-order valence-corrected chi connectivity index (χ2v) is 7.38. The summed E-state index contributed by atoms with van der Waals surface area (Å²) >= 11 is 0. The normalized spacial score (nSPS) is 13.4. The van der Waals surface area contributed by atoms with Crippen LogP contribution in [0.3, 0.4) is 0 Å². The first-order chi connectivity index (χ1) is 14.7. The minimum absolute atomic E-state index is 0.0551. The van der Waals surface area contributed by atoms with E-state index in [4.69, 9.17) is 9.26 Å². The third kappa shape index (κ3) is 4.97. The number of benzene rings is 2. The van der Waals surface area contributed by atoms with E-state index in [1.165, 1.54) is 18.5 Å². The van der Waals surface area contributed by atoms with Gasteiger partial charge in [-0.15, -0.1) is 0 Å². The summed E-state index contributed by atoms with van der Waals surface area (Å²) in [6.07, 6.45) is 3.21. The van der Waals surface area contributed by atoms with Crippen LogP contribution in [0.2, 0.25) is 0 Å². The van der Waals surface area contributed by atoms with Gasteiger partial charge in [0.25, 0.3) is 0 Å². The van der Waals surface area contributed by atoms with E-state index in [9.17, 15) is 4.79 Å². The van der Waals surface area contributed by atoms with Gasteiger partial charge in [0.1, 0.15) is 5.75 Å². The number of carbonyl (C=O) groups is 1. The van der Waals surface area contributed by atoms with Gasteiger partial charge in [-0.2, -0.15) is 4.98 Å². The highest BCUT2D eigenvalue weighted by atomic mass is 16.5. The molecule has 30 heavy (non-hydrogen) atoms. The molecule has 156 valence electrons. The number of aromatic nitrogens is 2. The van der Waals surface area contributed by atoms with Gasteiger partial charge in [0.05, 0.1) is 7.11 Å². The van der Waals surface area contributed by atoms with Crippen LogP contribution in [0.15, 0.2) is 53.1 Å². The number of amides is 1. The van der Waals surface area contributed by atoms with E-state index in [0.717, 1.165) is 30.0 Å². The number of hydrogen-bond acceptors (Lipinski definition) is 6. The molecule has 0 radical (unpaired) electrons. The Labute approximate surface area is 176 Å². The summed E-state index contributed by atoms with van der Waals surface area (Å²) in [5.74, 6) is 1.76. The van der Waals surface area contributed by atoms with E-state index in [1.54, 1.807) is 7.11 Å². The van der Waals surface area contributed by atoms with Crippen LogP contribution in [-0.2, 0) is 17.8 Å². The topological polar surface area (TPSA) is 80.5 Å². The molecule has 4 rings (SSSR count). The number of methoxy groups -OCH3 is 1. The Kier molecular flexibility index (Phi) is 6.27. The molecule has 0 saturated carbocycles. The summed E-state index contributed by atoms with van der Waals surface area (Å²) in [7, 11) is 1.63. The average Bonchev–Trinajstić information content (AvgIpc) is 3.49. The molecule has 0 unspecified atom stereocenters. The second-order valence-electron chi connectivity index (χ2n) is 7.38. The van der Waals surface area contributed by atoms with Crippen molar-refractivity contribution in [2.45, 2.75) is 32.2 Å². The molecule has 2 aromatic carbocycles. The zero-order valence-corrected chi connectivity index (χ0v) is 17.1. The molecule has 0 bridgehead atoms. The van der Waals surface area contributed by atoms with Crippen molar-refractivity contribution in [1.29, 1.82) is 0 Å². The number of carbonyl (C=O) groups excluding carboxylic acids is 1. The first-order valence-electron chi connectivity index (χ1n) is 10.3. The van der Waals surface area contributed by atoms with Crippen molar-refractivity contribution in [3.05, 3.63) is 60.0 Å². The van der Waals surface area contributed by atoms with Gasteiger partial charge < -0.3 is 19.5 Å².